The van der Waals surface area contributed by atoms with Crippen LogP contribution in [0, 0.1) is 12.3 Å². The molecular weight excluding hydrogens is 153 g/mol. The van der Waals surface area contributed by atoms with E-state index in [0.717, 1.165) is 0 Å². The Balaban J connectivity index is 0. The van der Waals surface area contributed by atoms with Gasteiger partial charge in [-0.05, 0) is 0 Å². The van der Waals surface area contributed by atoms with E-state index < -0.39 is 5.97 Å². The first-order valence-electron chi connectivity index (χ1n) is 0.947. The Morgan fingerprint density at radius 1 is 1.83 bits per heavy atom. The van der Waals surface area contributed by atoms with Crippen LogP contribution in [-0.2, 0) is 4.79 Å². The van der Waals surface area contributed by atoms with E-state index in [-0.39, 0.29) is 58.2 Å². The van der Waals surface area contributed by atoms with Crippen molar-refractivity contribution in [3.8, 4) is 12.3 Å². The second kappa shape index (κ2) is 5.84. The summed E-state index contributed by atoms with van der Waals surface area (Å²) in [5.41, 5.74) is 0. The molecule has 0 N–H and O–H groups in total. The number of carboxylic acids is 1. The molecule has 0 aliphatic carbocycles. The van der Waals surface area contributed by atoms with Gasteiger partial charge in [-0.25, -0.2) is 0 Å². The van der Waals surface area contributed by atoms with Crippen LogP contribution in [0.1, 0.15) is 0 Å². The largest absolute Gasteiger partial charge is 1.00 e. The summed E-state index contributed by atoms with van der Waals surface area (Å²) < 4.78 is 0. The molecule has 0 bridgehead atoms. The zero-order valence-electron chi connectivity index (χ0n) is 3.39. The van der Waals surface area contributed by atoms with Gasteiger partial charge in [0.15, 0.2) is 0 Å². The predicted octanol–water partition coefficient (Wildman–Crippen LogP) is -4.63. The maximum atomic E-state index is 9.02. The van der Waals surface area contributed by atoms with Crippen LogP contribution in [0.5, 0.6) is 0 Å². The fourth-order valence-electron chi connectivity index (χ4n) is 0. The number of terminal acetylenes is 1. The molecule has 2 nitrogen and oxygen atoms in total. The smallest absolute Gasteiger partial charge is 0.537 e. The Morgan fingerprint density at radius 3 is 2.00 bits per heavy atom. The quantitative estimate of drug-likeness (QED) is 0.330. The van der Waals surface area contributed by atoms with Gasteiger partial charge in [0.2, 0.25) is 0 Å². The number of carbonyl (C=O) groups is 1. The normalized spacial score (nSPS) is 4.50. The van der Waals surface area contributed by atoms with E-state index in [1.54, 1.807) is 0 Å². The third-order valence-corrected chi connectivity index (χ3v) is 0.118. The number of hydrogen-bond donors (Lipinski definition) is 0. The van der Waals surface area contributed by atoms with Gasteiger partial charge in [0, 0.05) is 0 Å². The van der Waals surface area contributed by atoms with E-state index in [4.69, 9.17) is 9.90 Å². The van der Waals surface area contributed by atoms with Gasteiger partial charge in [0.25, 0.3) is 0 Å². The van der Waals surface area contributed by atoms with Gasteiger partial charge in [0.1, 0.15) is 5.97 Å². The molecular formula is C3HO2Rb. The molecule has 0 rings (SSSR count). The minimum absolute atomic E-state index is 0. The van der Waals surface area contributed by atoms with Crippen LogP contribution in [0.2, 0.25) is 0 Å². The van der Waals surface area contributed by atoms with Crippen LogP contribution < -0.4 is 63.3 Å². The number of carboxylic acid groups (broad SMARTS) is 1. The molecule has 0 fully saturated rings. The third-order valence-electron chi connectivity index (χ3n) is 0.118. The summed E-state index contributed by atoms with van der Waals surface area (Å²) in [6.45, 7) is 0. The maximum absolute atomic E-state index is 9.02. The average molecular weight is 155 g/mol. The Bertz CT molecular complexity index is 81.3. The molecule has 0 unspecified atom stereocenters. The van der Waals surface area contributed by atoms with Gasteiger partial charge >= 0.3 is 58.2 Å². The topological polar surface area (TPSA) is 40.1 Å². The molecule has 0 heterocycles. The average Bonchev–Trinajstić information content (AvgIpc) is 1.38. The van der Waals surface area contributed by atoms with Gasteiger partial charge in [0.05, 0.1) is 0 Å². The summed E-state index contributed by atoms with van der Waals surface area (Å²) >= 11 is 0. The molecule has 0 saturated heterocycles. The van der Waals surface area contributed by atoms with Crippen LogP contribution in [0.3, 0.4) is 0 Å². The van der Waals surface area contributed by atoms with Crippen LogP contribution >= 0.6 is 0 Å². The summed E-state index contributed by atoms with van der Waals surface area (Å²) in [5.74, 6) is -0.134. The first-order chi connectivity index (χ1) is 2.27. The summed E-state index contributed by atoms with van der Waals surface area (Å²) in [6.07, 6.45) is 4.26. The molecule has 26 valence electrons. The van der Waals surface area contributed by atoms with Crippen molar-refractivity contribution >= 4 is 5.97 Å². The minimum atomic E-state index is -1.47. The molecule has 0 atom stereocenters. The van der Waals surface area contributed by atoms with Crippen molar-refractivity contribution in [3.05, 3.63) is 0 Å². The van der Waals surface area contributed by atoms with E-state index in [1.807, 2.05) is 0 Å². The van der Waals surface area contributed by atoms with E-state index in [2.05, 4.69) is 6.42 Å². The fraction of sp³-hybridized carbons (Fsp3) is 0. The van der Waals surface area contributed by atoms with Crippen molar-refractivity contribution in [2.75, 3.05) is 0 Å². The predicted molar refractivity (Wildman–Crippen MR) is 13.8 cm³/mol. The summed E-state index contributed by atoms with van der Waals surface area (Å²) in [7, 11) is 0. The number of hydrogen-bond acceptors (Lipinski definition) is 2. The minimum Gasteiger partial charge on any atom is -0.537 e. The third kappa shape index (κ3) is 8.85. The van der Waals surface area contributed by atoms with Gasteiger partial charge in [-0.15, -0.1) is 6.42 Å². The fourth-order valence-corrected chi connectivity index (χ4v) is 0. The van der Waals surface area contributed by atoms with Gasteiger partial charge in [-0.2, -0.15) is 0 Å². The Hall–Kier alpha value is 0.835. The van der Waals surface area contributed by atoms with Gasteiger partial charge in [-0.3, -0.25) is 0 Å². The molecule has 0 radical (unpaired) electrons. The number of rotatable bonds is 0. The number of carbonyl (C=O) groups excluding carboxylic acids is 1. The van der Waals surface area contributed by atoms with Gasteiger partial charge in [-0.1, -0.05) is 5.92 Å². The SMILES string of the molecule is C#CC(=O)[O-].[Rb+]. The first kappa shape index (κ1) is 9.95. The summed E-state index contributed by atoms with van der Waals surface area (Å²) in [4.78, 5) is 9.02. The molecule has 3 heteroatoms. The second-order valence-corrected chi connectivity index (χ2v) is 0.432. The van der Waals surface area contributed by atoms with Gasteiger partial charge < -0.3 is 9.90 Å². The Morgan fingerprint density at radius 2 is 2.00 bits per heavy atom. The molecule has 6 heavy (non-hydrogen) atoms. The van der Waals surface area contributed by atoms with Crippen molar-refractivity contribution < 1.29 is 68.1 Å². The van der Waals surface area contributed by atoms with Crippen molar-refractivity contribution in [1.29, 1.82) is 0 Å². The molecule has 0 aromatic heterocycles. The Kier molecular flexibility index (Phi) is 9.68. The monoisotopic (exact) mass is 154 g/mol. The zero-order valence-corrected chi connectivity index (χ0v) is 8.31. The van der Waals surface area contributed by atoms with Crippen molar-refractivity contribution in [2.45, 2.75) is 0 Å². The standard InChI is InChI=1S/C3H2O2.Rb/c1-2-3(4)5;/h1H,(H,4,5);/q;+1/p-1. The van der Waals surface area contributed by atoms with Crippen LogP contribution in [0.25, 0.3) is 0 Å². The van der Waals surface area contributed by atoms with Crippen LogP contribution in [0.4, 0.5) is 0 Å². The van der Waals surface area contributed by atoms with E-state index >= 15 is 0 Å². The van der Waals surface area contributed by atoms with E-state index in [9.17, 15) is 0 Å². The second-order valence-electron chi connectivity index (χ2n) is 0.432. The van der Waals surface area contributed by atoms with E-state index in [0.29, 0.717) is 0 Å². The van der Waals surface area contributed by atoms with Crippen molar-refractivity contribution in [3.63, 3.8) is 0 Å². The molecule has 0 spiro atoms. The molecule has 0 aromatic carbocycles. The number of aliphatic carboxylic acids is 1. The zero-order chi connectivity index (χ0) is 4.28. The van der Waals surface area contributed by atoms with E-state index in [1.165, 1.54) is 5.92 Å². The molecule has 0 aliphatic rings. The van der Waals surface area contributed by atoms with Crippen LogP contribution in [-0.4, -0.2) is 5.97 Å². The summed E-state index contributed by atoms with van der Waals surface area (Å²) in [5, 5.41) is 9.02. The van der Waals surface area contributed by atoms with Crippen LogP contribution in [0.15, 0.2) is 0 Å². The Labute approximate surface area is 84.7 Å². The van der Waals surface area contributed by atoms with Crippen molar-refractivity contribution in [1.82, 2.24) is 0 Å². The molecule has 0 amide bonds. The molecule has 0 saturated carbocycles. The molecule has 0 aromatic rings. The molecule has 0 aliphatic heterocycles. The van der Waals surface area contributed by atoms with Crippen molar-refractivity contribution in [2.24, 2.45) is 0 Å². The summed E-state index contributed by atoms with van der Waals surface area (Å²) in [6, 6.07) is 0. The maximum Gasteiger partial charge on any atom is 1.00 e. The first-order valence-corrected chi connectivity index (χ1v) is 0.947.